The number of nitrogens with two attached hydrogens (primary N) is 1. The van der Waals surface area contributed by atoms with Gasteiger partial charge < -0.3 is 10.3 Å². The summed E-state index contributed by atoms with van der Waals surface area (Å²) in [5, 5.41) is 4.50. The lowest BCUT2D eigenvalue weighted by molar-refractivity contribution is 0.436. The molecule has 0 amide bonds. The van der Waals surface area contributed by atoms with Gasteiger partial charge in [0.25, 0.3) is 0 Å². The number of rotatable bonds is 2. The Kier molecular flexibility index (Phi) is 3.20. The van der Waals surface area contributed by atoms with Crippen LogP contribution in [0.2, 0.25) is 5.02 Å². The van der Waals surface area contributed by atoms with E-state index in [0.29, 0.717) is 16.6 Å². The maximum atomic E-state index is 6.25. The van der Waals surface area contributed by atoms with E-state index < -0.39 is 0 Å². The van der Waals surface area contributed by atoms with Gasteiger partial charge in [-0.3, -0.25) is 0 Å². The largest absolute Gasteiger partial charge is 0.380 e. The molecule has 0 aliphatic carbocycles. The van der Waals surface area contributed by atoms with Gasteiger partial charge in [-0.2, -0.15) is 0 Å². The molecule has 0 aliphatic rings. The van der Waals surface area contributed by atoms with Crippen molar-refractivity contribution in [3.8, 4) is 22.5 Å². The third kappa shape index (κ3) is 2.17. The van der Waals surface area contributed by atoms with Gasteiger partial charge in [0.1, 0.15) is 0 Å². The fourth-order valence-corrected chi connectivity index (χ4v) is 2.36. The van der Waals surface area contributed by atoms with Gasteiger partial charge in [-0.05, 0) is 13.0 Å². The average molecular weight is 285 g/mol. The average Bonchev–Trinajstić information content (AvgIpc) is 2.82. The van der Waals surface area contributed by atoms with E-state index in [9.17, 15) is 0 Å². The second-order valence-corrected chi connectivity index (χ2v) is 5.03. The maximum absolute atomic E-state index is 6.25. The van der Waals surface area contributed by atoms with E-state index in [1.807, 2.05) is 55.5 Å². The summed E-state index contributed by atoms with van der Waals surface area (Å²) >= 11 is 6.25. The van der Waals surface area contributed by atoms with Gasteiger partial charge in [-0.1, -0.05) is 64.8 Å². The summed E-state index contributed by atoms with van der Waals surface area (Å²) in [6, 6.07) is 15.5. The number of anilines is 1. The van der Waals surface area contributed by atoms with Crippen LogP contribution in [0.4, 0.5) is 5.82 Å². The summed E-state index contributed by atoms with van der Waals surface area (Å²) in [5.41, 5.74) is 9.61. The Hall–Kier alpha value is -2.26. The molecule has 0 bridgehead atoms. The molecule has 0 radical (unpaired) electrons. The first-order chi connectivity index (χ1) is 9.66. The Morgan fingerprint density at radius 3 is 2.45 bits per heavy atom. The molecule has 0 atom stereocenters. The first-order valence-corrected chi connectivity index (χ1v) is 6.61. The molecule has 2 N–H and O–H groups in total. The Bertz CT molecular complexity index is 747. The van der Waals surface area contributed by atoms with Crippen molar-refractivity contribution in [1.82, 2.24) is 5.16 Å². The van der Waals surface area contributed by atoms with Crippen LogP contribution in [0.5, 0.6) is 0 Å². The molecule has 0 saturated heterocycles. The lowest BCUT2D eigenvalue weighted by Crippen LogP contribution is -1.89. The van der Waals surface area contributed by atoms with E-state index in [1.54, 1.807) is 0 Å². The normalized spacial score (nSPS) is 10.7. The molecule has 1 aromatic heterocycles. The number of benzene rings is 2. The summed E-state index contributed by atoms with van der Waals surface area (Å²) in [6.07, 6.45) is 0. The third-order valence-corrected chi connectivity index (χ3v) is 3.51. The summed E-state index contributed by atoms with van der Waals surface area (Å²) in [4.78, 5) is 0. The van der Waals surface area contributed by atoms with E-state index in [0.717, 1.165) is 16.7 Å². The van der Waals surface area contributed by atoms with Crippen LogP contribution < -0.4 is 5.73 Å². The van der Waals surface area contributed by atoms with Crippen LogP contribution in [0.1, 0.15) is 5.56 Å². The highest BCUT2D eigenvalue weighted by Gasteiger charge is 2.19. The van der Waals surface area contributed by atoms with Crippen molar-refractivity contribution in [2.75, 3.05) is 5.73 Å². The molecule has 1 heterocycles. The molecule has 2 aromatic carbocycles. The van der Waals surface area contributed by atoms with Crippen LogP contribution in [-0.2, 0) is 0 Å². The smallest absolute Gasteiger partial charge is 0.176 e. The molecule has 100 valence electrons. The second kappa shape index (κ2) is 5.02. The number of nitrogens with zero attached hydrogens (tertiary/aromatic N) is 1. The van der Waals surface area contributed by atoms with E-state index in [-0.39, 0.29) is 0 Å². The monoisotopic (exact) mass is 284 g/mol. The fraction of sp³-hybridized carbons (Fsp3) is 0.0625. The highest BCUT2D eigenvalue weighted by atomic mass is 35.5. The zero-order chi connectivity index (χ0) is 14.1. The quantitative estimate of drug-likeness (QED) is 0.751. The van der Waals surface area contributed by atoms with E-state index in [2.05, 4.69) is 5.16 Å². The number of nitrogen functional groups attached to an aromatic ring is 1. The van der Waals surface area contributed by atoms with Gasteiger partial charge in [0, 0.05) is 16.1 Å². The first-order valence-electron chi connectivity index (χ1n) is 6.24. The van der Waals surface area contributed by atoms with Gasteiger partial charge in [0.2, 0.25) is 0 Å². The second-order valence-electron chi connectivity index (χ2n) is 4.62. The number of aryl methyl sites for hydroxylation is 1. The predicted molar refractivity (Wildman–Crippen MR) is 81.5 cm³/mol. The molecule has 3 rings (SSSR count). The predicted octanol–water partition coefficient (Wildman–Crippen LogP) is 4.55. The Balaban J connectivity index is 2.20. The standard InChI is InChI=1S/C16H13ClN2O/c1-10-6-8-11(9-7-10)15-14(16(18)19-20-15)12-4-2-3-5-13(12)17/h2-9H,1H3,(H2,18,19). The Morgan fingerprint density at radius 1 is 1.05 bits per heavy atom. The minimum absolute atomic E-state index is 0.341. The molecule has 0 aliphatic heterocycles. The Labute approximate surface area is 122 Å². The van der Waals surface area contributed by atoms with E-state index in [4.69, 9.17) is 21.9 Å². The van der Waals surface area contributed by atoms with E-state index >= 15 is 0 Å². The number of halogens is 1. The third-order valence-electron chi connectivity index (χ3n) is 3.18. The lowest BCUT2D eigenvalue weighted by Gasteiger charge is -2.05. The molecule has 0 saturated carbocycles. The number of hydrogen-bond acceptors (Lipinski definition) is 3. The van der Waals surface area contributed by atoms with Crippen molar-refractivity contribution in [3.05, 3.63) is 59.1 Å². The van der Waals surface area contributed by atoms with Crippen LogP contribution in [0.3, 0.4) is 0 Å². The van der Waals surface area contributed by atoms with Crippen molar-refractivity contribution < 1.29 is 4.52 Å². The molecule has 0 unspecified atom stereocenters. The van der Waals surface area contributed by atoms with Crippen LogP contribution in [0, 0.1) is 6.92 Å². The highest BCUT2D eigenvalue weighted by Crippen LogP contribution is 2.39. The van der Waals surface area contributed by atoms with Crippen LogP contribution in [0.25, 0.3) is 22.5 Å². The van der Waals surface area contributed by atoms with Gasteiger partial charge in [-0.15, -0.1) is 0 Å². The molecule has 4 heteroatoms. The number of aromatic nitrogens is 1. The first kappa shape index (κ1) is 12.8. The summed E-state index contributed by atoms with van der Waals surface area (Å²) in [6.45, 7) is 2.04. The van der Waals surface area contributed by atoms with Gasteiger partial charge in [-0.25, -0.2) is 0 Å². The molecule has 20 heavy (non-hydrogen) atoms. The SMILES string of the molecule is Cc1ccc(-c2onc(N)c2-c2ccccc2Cl)cc1. The molecule has 3 nitrogen and oxygen atoms in total. The van der Waals surface area contributed by atoms with Crippen molar-refractivity contribution in [2.45, 2.75) is 6.92 Å². The highest BCUT2D eigenvalue weighted by molar-refractivity contribution is 6.33. The zero-order valence-corrected chi connectivity index (χ0v) is 11.7. The van der Waals surface area contributed by atoms with Gasteiger partial charge in [0.15, 0.2) is 11.6 Å². The van der Waals surface area contributed by atoms with Crippen molar-refractivity contribution in [2.24, 2.45) is 0 Å². The molecule has 0 fully saturated rings. The van der Waals surface area contributed by atoms with Gasteiger partial charge >= 0.3 is 0 Å². The maximum Gasteiger partial charge on any atom is 0.176 e. The van der Waals surface area contributed by atoms with Gasteiger partial charge in [0.05, 0.1) is 5.56 Å². The van der Waals surface area contributed by atoms with Crippen LogP contribution in [0.15, 0.2) is 53.1 Å². The Morgan fingerprint density at radius 2 is 1.75 bits per heavy atom. The number of hydrogen-bond donors (Lipinski definition) is 1. The topological polar surface area (TPSA) is 52.0 Å². The summed E-state index contributed by atoms with van der Waals surface area (Å²) < 4.78 is 5.40. The van der Waals surface area contributed by atoms with Crippen LogP contribution in [-0.4, -0.2) is 5.16 Å². The minimum atomic E-state index is 0.341. The summed E-state index contributed by atoms with van der Waals surface area (Å²) in [5.74, 6) is 0.976. The fourth-order valence-electron chi connectivity index (χ4n) is 2.13. The zero-order valence-electron chi connectivity index (χ0n) is 10.9. The minimum Gasteiger partial charge on any atom is -0.380 e. The lowest BCUT2D eigenvalue weighted by atomic mass is 10.0. The summed E-state index contributed by atoms with van der Waals surface area (Å²) in [7, 11) is 0. The molecule has 3 aromatic rings. The molecular weight excluding hydrogens is 272 g/mol. The van der Waals surface area contributed by atoms with Crippen molar-refractivity contribution in [1.29, 1.82) is 0 Å². The molecule has 0 spiro atoms. The van der Waals surface area contributed by atoms with E-state index in [1.165, 1.54) is 5.56 Å². The van der Waals surface area contributed by atoms with Crippen molar-refractivity contribution in [3.63, 3.8) is 0 Å². The van der Waals surface area contributed by atoms with Crippen molar-refractivity contribution >= 4 is 17.4 Å². The van der Waals surface area contributed by atoms with Crippen LogP contribution >= 0.6 is 11.6 Å². The molecular formula is C16H13ClN2O.